The van der Waals surface area contributed by atoms with E-state index in [1.54, 1.807) is 0 Å². The third-order valence-corrected chi connectivity index (χ3v) is 10.8. The Morgan fingerprint density at radius 3 is 1.61 bits per heavy atom. The maximum atomic E-state index is 2.40. The van der Waals surface area contributed by atoms with Gasteiger partial charge in [-0.05, 0) is 93.5 Å². The van der Waals surface area contributed by atoms with Gasteiger partial charge in [-0.1, -0.05) is 176 Å². The van der Waals surface area contributed by atoms with Crippen molar-refractivity contribution in [3.63, 3.8) is 0 Å². The fraction of sp³-hybridized carbons (Fsp3) is 0. The highest BCUT2D eigenvalue weighted by Crippen LogP contribution is 2.45. The molecule has 0 spiro atoms. The fourth-order valence-electron chi connectivity index (χ4n) is 8.27. The monoisotopic (exact) mass is 714 g/mol. The Labute approximate surface area is 327 Å². The number of aromatic nitrogens is 1. The second kappa shape index (κ2) is 14.4. The Morgan fingerprint density at radius 2 is 0.839 bits per heavy atom. The van der Waals surface area contributed by atoms with Crippen LogP contribution in [-0.4, -0.2) is 4.57 Å². The number of rotatable bonds is 8. The molecule has 0 N–H and O–H groups in total. The van der Waals surface area contributed by atoms with E-state index in [1.165, 1.54) is 60.8 Å². The topological polar surface area (TPSA) is 8.17 Å². The highest BCUT2D eigenvalue weighted by Gasteiger charge is 2.20. The number of benzene rings is 9. The second-order valence-electron chi connectivity index (χ2n) is 14.1. The molecular formula is C54H38N2. The summed E-state index contributed by atoms with van der Waals surface area (Å²) in [5.41, 5.74) is 16.4. The number of anilines is 3. The molecule has 9 aromatic carbocycles. The molecule has 0 radical (unpaired) electrons. The smallest absolute Gasteiger partial charge is 0.0547 e. The molecule has 0 fully saturated rings. The molecule has 0 amide bonds. The molecule has 56 heavy (non-hydrogen) atoms. The Morgan fingerprint density at radius 1 is 0.304 bits per heavy atom. The Hall–Kier alpha value is -7.42. The van der Waals surface area contributed by atoms with Gasteiger partial charge < -0.3 is 9.47 Å². The normalized spacial score (nSPS) is 11.2. The third kappa shape index (κ3) is 5.95. The van der Waals surface area contributed by atoms with Crippen molar-refractivity contribution in [2.24, 2.45) is 0 Å². The summed E-state index contributed by atoms with van der Waals surface area (Å²) in [4.78, 5) is 2.40. The van der Waals surface area contributed by atoms with Gasteiger partial charge in [0, 0.05) is 33.4 Å². The zero-order valence-corrected chi connectivity index (χ0v) is 30.8. The minimum Gasteiger partial charge on any atom is -0.310 e. The number of para-hydroxylation sites is 3. The SMILES string of the molecule is c1ccc(-c2ccc(N(c3cccc(-c4ccccc4-c4cccc5c4c4ccccc4n5-c4ccccc4)c3)c3ccccc3-c3ccccc3)cc2)cc1. The van der Waals surface area contributed by atoms with Crippen molar-refractivity contribution in [2.75, 3.05) is 4.90 Å². The quantitative estimate of drug-likeness (QED) is 0.152. The zero-order chi connectivity index (χ0) is 37.3. The van der Waals surface area contributed by atoms with Gasteiger partial charge in [0.1, 0.15) is 0 Å². The zero-order valence-electron chi connectivity index (χ0n) is 30.8. The molecule has 2 heteroatoms. The standard InChI is InChI=1S/C54H38N2/c1-4-18-39(19-5-1)40-34-36-44(37-35-40)55(51-31-14-12-27-47(51)41-20-6-2-7-21-41)45-25-16-22-42(38-45)46-26-10-11-28-48(46)49-30-17-33-53-54(49)50-29-13-15-32-52(50)56(53)43-23-8-3-9-24-43/h1-38H. The van der Waals surface area contributed by atoms with E-state index in [0.717, 1.165) is 28.3 Å². The Bertz CT molecular complexity index is 2940. The number of hydrogen-bond donors (Lipinski definition) is 0. The van der Waals surface area contributed by atoms with Crippen molar-refractivity contribution >= 4 is 38.9 Å². The van der Waals surface area contributed by atoms with E-state index in [0.29, 0.717) is 0 Å². The average molecular weight is 715 g/mol. The van der Waals surface area contributed by atoms with E-state index in [9.17, 15) is 0 Å². The van der Waals surface area contributed by atoms with Gasteiger partial charge in [0.15, 0.2) is 0 Å². The van der Waals surface area contributed by atoms with Crippen LogP contribution in [0, 0.1) is 0 Å². The van der Waals surface area contributed by atoms with Crippen molar-refractivity contribution in [1.82, 2.24) is 4.57 Å². The minimum atomic E-state index is 1.09. The van der Waals surface area contributed by atoms with Crippen LogP contribution < -0.4 is 4.90 Å². The van der Waals surface area contributed by atoms with Crippen LogP contribution in [0.4, 0.5) is 17.1 Å². The molecule has 10 rings (SSSR count). The van der Waals surface area contributed by atoms with Gasteiger partial charge in [-0.2, -0.15) is 0 Å². The van der Waals surface area contributed by atoms with Gasteiger partial charge in [-0.3, -0.25) is 0 Å². The predicted octanol–water partition coefficient (Wildman–Crippen LogP) is 14.9. The first kappa shape index (κ1) is 33.2. The lowest BCUT2D eigenvalue weighted by molar-refractivity contribution is 1.18. The number of hydrogen-bond acceptors (Lipinski definition) is 1. The minimum absolute atomic E-state index is 1.09. The Balaban J connectivity index is 1.15. The molecule has 0 saturated heterocycles. The van der Waals surface area contributed by atoms with Crippen molar-refractivity contribution in [3.8, 4) is 50.2 Å². The van der Waals surface area contributed by atoms with Gasteiger partial charge >= 0.3 is 0 Å². The van der Waals surface area contributed by atoms with Gasteiger partial charge in [-0.15, -0.1) is 0 Å². The molecular weight excluding hydrogens is 677 g/mol. The van der Waals surface area contributed by atoms with E-state index in [4.69, 9.17) is 0 Å². The van der Waals surface area contributed by atoms with E-state index < -0.39 is 0 Å². The number of nitrogens with zero attached hydrogens (tertiary/aromatic N) is 2. The van der Waals surface area contributed by atoms with Crippen LogP contribution in [0.15, 0.2) is 231 Å². The summed E-state index contributed by atoms with van der Waals surface area (Å²) in [6, 6.07) is 83.0. The van der Waals surface area contributed by atoms with Crippen LogP contribution in [0.5, 0.6) is 0 Å². The summed E-state index contributed by atoms with van der Waals surface area (Å²) in [6.45, 7) is 0. The van der Waals surface area contributed by atoms with Crippen molar-refractivity contribution in [1.29, 1.82) is 0 Å². The summed E-state index contributed by atoms with van der Waals surface area (Å²) in [5.74, 6) is 0. The largest absolute Gasteiger partial charge is 0.310 e. The molecule has 0 unspecified atom stereocenters. The maximum absolute atomic E-state index is 2.40. The average Bonchev–Trinajstić information content (AvgIpc) is 3.63. The summed E-state index contributed by atoms with van der Waals surface area (Å²) in [5, 5.41) is 2.50. The van der Waals surface area contributed by atoms with Crippen LogP contribution >= 0.6 is 0 Å². The molecule has 0 atom stereocenters. The van der Waals surface area contributed by atoms with Crippen LogP contribution in [-0.2, 0) is 0 Å². The molecule has 0 aliphatic rings. The van der Waals surface area contributed by atoms with Crippen LogP contribution in [0.2, 0.25) is 0 Å². The van der Waals surface area contributed by atoms with E-state index in [-0.39, 0.29) is 0 Å². The molecule has 0 bridgehead atoms. The molecule has 10 aromatic rings. The van der Waals surface area contributed by atoms with Gasteiger partial charge in [0.2, 0.25) is 0 Å². The van der Waals surface area contributed by atoms with E-state index >= 15 is 0 Å². The van der Waals surface area contributed by atoms with Crippen LogP contribution in [0.25, 0.3) is 72.0 Å². The first-order valence-electron chi connectivity index (χ1n) is 19.2. The van der Waals surface area contributed by atoms with Crippen LogP contribution in [0.3, 0.4) is 0 Å². The first-order chi connectivity index (χ1) is 27.8. The molecule has 0 aliphatic heterocycles. The second-order valence-corrected chi connectivity index (χ2v) is 14.1. The molecule has 1 heterocycles. The summed E-state index contributed by atoms with van der Waals surface area (Å²) >= 11 is 0. The fourth-order valence-corrected chi connectivity index (χ4v) is 8.27. The van der Waals surface area contributed by atoms with Gasteiger partial charge in [0.05, 0.1) is 16.7 Å². The maximum Gasteiger partial charge on any atom is 0.0547 e. The lowest BCUT2D eigenvalue weighted by atomic mass is 9.91. The predicted molar refractivity (Wildman–Crippen MR) is 237 cm³/mol. The summed E-state index contributed by atoms with van der Waals surface area (Å²) in [7, 11) is 0. The first-order valence-corrected chi connectivity index (χ1v) is 19.2. The highest BCUT2D eigenvalue weighted by molar-refractivity contribution is 6.16. The van der Waals surface area contributed by atoms with Crippen molar-refractivity contribution < 1.29 is 0 Å². The van der Waals surface area contributed by atoms with E-state index in [1.807, 2.05) is 0 Å². The van der Waals surface area contributed by atoms with E-state index in [2.05, 4.69) is 240 Å². The molecule has 0 saturated carbocycles. The van der Waals surface area contributed by atoms with Gasteiger partial charge in [0.25, 0.3) is 0 Å². The van der Waals surface area contributed by atoms with Crippen LogP contribution in [0.1, 0.15) is 0 Å². The lowest BCUT2D eigenvalue weighted by Crippen LogP contribution is -2.11. The van der Waals surface area contributed by atoms with Gasteiger partial charge in [-0.25, -0.2) is 0 Å². The summed E-state index contributed by atoms with van der Waals surface area (Å²) < 4.78 is 2.39. The molecule has 0 aliphatic carbocycles. The summed E-state index contributed by atoms with van der Waals surface area (Å²) in [6.07, 6.45) is 0. The molecule has 1 aromatic heterocycles. The van der Waals surface area contributed by atoms with Crippen molar-refractivity contribution in [3.05, 3.63) is 231 Å². The Kier molecular flexibility index (Phi) is 8.55. The number of fused-ring (bicyclic) bond motifs is 3. The lowest BCUT2D eigenvalue weighted by Gasteiger charge is -2.28. The molecule has 2 nitrogen and oxygen atoms in total. The van der Waals surface area contributed by atoms with Crippen molar-refractivity contribution in [2.45, 2.75) is 0 Å². The highest BCUT2D eigenvalue weighted by atomic mass is 15.1. The molecule has 264 valence electrons. The third-order valence-electron chi connectivity index (χ3n) is 10.8.